The minimum absolute atomic E-state index is 0.231. The van der Waals surface area contributed by atoms with Gasteiger partial charge in [0.2, 0.25) is 10.0 Å². The summed E-state index contributed by atoms with van der Waals surface area (Å²) < 4.78 is 32.3. The number of sulfonamides is 1. The summed E-state index contributed by atoms with van der Waals surface area (Å²) in [6, 6.07) is 5.49. The number of pyridine rings is 1. The normalized spacial score (nSPS) is 18.6. The predicted molar refractivity (Wildman–Crippen MR) is 119 cm³/mol. The summed E-state index contributed by atoms with van der Waals surface area (Å²) in [7, 11) is -3.52. The first-order valence-electron chi connectivity index (χ1n) is 10.7. The lowest BCUT2D eigenvalue weighted by Crippen LogP contribution is -2.47. The summed E-state index contributed by atoms with van der Waals surface area (Å²) in [5, 5.41) is 0. The third-order valence-corrected chi connectivity index (χ3v) is 7.51. The molecule has 2 aliphatic heterocycles. The lowest BCUT2D eigenvalue weighted by atomic mass is 10.2. The molecule has 0 radical (unpaired) electrons. The zero-order valence-corrected chi connectivity index (χ0v) is 19.2. The lowest BCUT2D eigenvalue weighted by molar-refractivity contribution is 0.0730. The Morgan fingerprint density at radius 2 is 1.58 bits per heavy atom. The average molecular weight is 447 g/mol. The molecule has 0 spiro atoms. The van der Waals surface area contributed by atoms with Crippen molar-refractivity contribution in [2.45, 2.75) is 31.6 Å². The van der Waals surface area contributed by atoms with Crippen molar-refractivity contribution in [2.75, 3.05) is 62.3 Å². The number of anilines is 2. The maximum Gasteiger partial charge on any atom is 0.244 e. The van der Waals surface area contributed by atoms with Crippen molar-refractivity contribution in [3.05, 3.63) is 35.9 Å². The second kappa shape index (κ2) is 9.05. The van der Waals surface area contributed by atoms with Gasteiger partial charge in [0.05, 0.1) is 13.2 Å². The van der Waals surface area contributed by atoms with E-state index < -0.39 is 10.0 Å². The molecular formula is C21H30N6O3S. The van der Waals surface area contributed by atoms with E-state index in [4.69, 9.17) is 9.72 Å². The lowest BCUT2D eigenvalue weighted by Gasteiger charge is -2.36. The highest BCUT2D eigenvalue weighted by atomic mass is 32.2. The number of aryl methyl sites for hydroxylation is 1. The van der Waals surface area contributed by atoms with Crippen molar-refractivity contribution >= 4 is 21.7 Å². The maximum atomic E-state index is 12.8. The highest BCUT2D eigenvalue weighted by Crippen LogP contribution is 2.22. The van der Waals surface area contributed by atoms with E-state index >= 15 is 0 Å². The fourth-order valence-corrected chi connectivity index (χ4v) is 5.16. The summed E-state index contributed by atoms with van der Waals surface area (Å²) in [6.45, 7) is 11.1. The van der Waals surface area contributed by atoms with Gasteiger partial charge in [-0.15, -0.1) is 0 Å². The first-order valence-corrected chi connectivity index (χ1v) is 12.2. The zero-order chi connectivity index (χ0) is 22.0. The molecule has 4 heterocycles. The highest BCUT2D eigenvalue weighted by molar-refractivity contribution is 7.89. The minimum Gasteiger partial charge on any atom is -0.379 e. The van der Waals surface area contributed by atoms with Gasteiger partial charge in [-0.25, -0.2) is 23.4 Å². The van der Waals surface area contributed by atoms with E-state index in [-0.39, 0.29) is 10.8 Å². The third kappa shape index (κ3) is 4.81. The number of rotatable bonds is 5. The van der Waals surface area contributed by atoms with Gasteiger partial charge in [0, 0.05) is 63.1 Å². The molecule has 2 aromatic rings. The van der Waals surface area contributed by atoms with Crippen molar-refractivity contribution in [3.8, 4) is 0 Å². The fraction of sp³-hybridized carbons (Fsp3) is 0.571. The number of hydrogen-bond donors (Lipinski definition) is 0. The summed E-state index contributed by atoms with van der Waals surface area (Å²) in [6.07, 6.45) is 1.47. The van der Waals surface area contributed by atoms with Gasteiger partial charge < -0.3 is 14.5 Å². The molecule has 10 heteroatoms. The molecule has 0 bridgehead atoms. The Morgan fingerprint density at radius 1 is 0.935 bits per heavy atom. The first kappa shape index (κ1) is 21.9. The van der Waals surface area contributed by atoms with Gasteiger partial charge in [0.15, 0.2) is 0 Å². The number of nitrogens with zero attached hydrogens (tertiary/aromatic N) is 6. The second-order valence-electron chi connectivity index (χ2n) is 8.22. The summed E-state index contributed by atoms with van der Waals surface area (Å²) in [5.41, 5.74) is 0.981. The van der Waals surface area contributed by atoms with Crippen molar-refractivity contribution in [2.24, 2.45) is 0 Å². The Kier molecular flexibility index (Phi) is 6.40. The van der Waals surface area contributed by atoms with Crippen LogP contribution in [0.2, 0.25) is 0 Å². The van der Waals surface area contributed by atoms with Gasteiger partial charge in [-0.2, -0.15) is 4.31 Å². The van der Waals surface area contributed by atoms with Gasteiger partial charge in [-0.1, -0.05) is 13.8 Å². The summed E-state index contributed by atoms with van der Waals surface area (Å²) >= 11 is 0. The molecule has 0 amide bonds. The van der Waals surface area contributed by atoms with Crippen LogP contribution in [0.5, 0.6) is 0 Å². The van der Waals surface area contributed by atoms with Gasteiger partial charge in [0.1, 0.15) is 22.4 Å². The van der Waals surface area contributed by atoms with E-state index in [9.17, 15) is 8.42 Å². The summed E-state index contributed by atoms with van der Waals surface area (Å²) in [4.78, 5) is 18.4. The van der Waals surface area contributed by atoms with E-state index in [1.54, 1.807) is 12.1 Å². The monoisotopic (exact) mass is 446 g/mol. The smallest absolute Gasteiger partial charge is 0.244 e. The SMILES string of the molecule is Cc1cc(N2CCN(c3ccc(S(=O)(=O)N4CCOCC4)cn3)CC2)nc(C(C)C)n1. The van der Waals surface area contributed by atoms with Gasteiger partial charge in [0.25, 0.3) is 0 Å². The van der Waals surface area contributed by atoms with E-state index in [0.717, 1.165) is 49.3 Å². The number of ether oxygens (including phenoxy) is 1. The van der Waals surface area contributed by atoms with E-state index in [1.807, 2.05) is 13.0 Å². The van der Waals surface area contributed by atoms with Gasteiger partial charge >= 0.3 is 0 Å². The topological polar surface area (TPSA) is 91.8 Å². The molecule has 0 N–H and O–H groups in total. The molecule has 0 saturated carbocycles. The van der Waals surface area contributed by atoms with Crippen LogP contribution >= 0.6 is 0 Å². The molecule has 2 aromatic heterocycles. The molecule has 31 heavy (non-hydrogen) atoms. The Morgan fingerprint density at radius 3 is 2.16 bits per heavy atom. The largest absolute Gasteiger partial charge is 0.379 e. The highest BCUT2D eigenvalue weighted by Gasteiger charge is 2.27. The summed E-state index contributed by atoms with van der Waals surface area (Å²) in [5.74, 6) is 2.92. The van der Waals surface area contributed by atoms with E-state index in [2.05, 4.69) is 33.6 Å². The number of aromatic nitrogens is 3. The molecule has 0 atom stereocenters. The van der Waals surface area contributed by atoms with Crippen molar-refractivity contribution in [3.63, 3.8) is 0 Å². The van der Waals surface area contributed by atoms with Crippen LogP contribution in [0, 0.1) is 6.92 Å². The van der Waals surface area contributed by atoms with Crippen molar-refractivity contribution < 1.29 is 13.2 Å². The first-order chi connectivity index (χ1) is 14.8. The Labute approximate surface area is 184 Å². The van der Waals surface area contributed by atoms with Crippen LogP contribution in [0.15, 0.2) is 29.3 Å². The Hall–Kier alpha value is -2.30. The average Bonchev–Trinajstić information content (AvgIpc) is 2.79. The van der Waals surface area contributed by atoms with Crippen LogP contribution in [0.4, 0.5) is 11.6 Å². The van der Waals surface area contributed by atoms with Gasteiger partial charge in [-0.3, -0.25) is 0 Å². The van der Waals surface area contributed by atoms with E-state index in [0.29, 0.717) is 26.3 Å². The second-order valence-corrected chi connectivity index (χ2v) is 10.2. The van der Waals surface area contributed by atoms with Crippen LogP contribution in [-0.2, 0) is 14.8 Å². The van der Waals surface area contributed by atoms with Crippen molar-refractivity contribution in [1.82, 2.24) is 19.3 Å². The molecule has 9 nitrogen and oxygen atoms in total. The van der Waals surface area contributed by atoms with Crippen LogP contribution in [0.25, 0.3) is 0 Å². The molecular weight excluding hydrogens is 416 g/mol. The third-order valence-electron chi connectivity index (χ3n) is 5.63. The number of piperazine rings is 1. The molecule has 0 aromatic carbocycles. The number of morpholine rings is 1. The zero-order valence-electron chi connectivity index (χ0n) is 18.4. The van der Waals surface area contributed by atoms with Gasteiger partial charge in [-0.05, 0) is 19.1 Å². The quantitative estimate of drug-likeness (QED) is 0.685. The maximum absolute atomic E-state index is 12.8. The van der Waals surface area contributed by atoms with Crippen molar-refractivity contribution in [1.29, 1.82) is 0 Å². The fourth-order valence-electron chi connectivity index (χ4n) is 3.81. The van der Waals surface area contributed by atoms with Crippen LogP contribution in [-0.4, -0.2) is 80.2 Å². The molecule has 4 rings (SSSR count). The Bertz CT molecular complexity index is 998. The molecule has 2 fully saturated rings. The standard InChI is InChI=1S/C21H30N6O3S/c1-16(2)21-23-17(3)14-20(24-21)26-8-6-25(7-9-26)19-5-4-18(15-22-19)31(28,29)27-10-12-30-13-11-27/h4-5,14-16H,6-13H2,1-3H3. The molecule has 2 saturated heterocycles. The number of hydrogen-bond acceptors (Lipinski definition) is 8. The minimum atomic E-state index is -3.52. The molecule has 0 aliphatic carbocycles. The molecule has 168 valence electrons. The Balaban J connectivity index is 1.41. The van der Waals surface area contributed by atoms with Crippen LogP contribution in [0.3, 0.4) is 0 Å². The van der Waals surface area contributed by atoms with E-state index in [1.165, 1.54) is 10.5 Å². The predicted octanol–water partition coefficient (Wildman–Crippen LogP) is 1.65. The molecule has 2 aliphatic rings. The van der Waals surface area contributed by atoms with Crippen LogP contribution in [0.1, 0.15) is 31.3 Å². The molecule has 0 unspecified atom stereocenters. The van der Waals surface area contributed by atoms with Crippen LogP contribution < -0.4 is 9.80 Å².